The highest BCUT2D eigenvalue weighted by Crippen LogP contribution is 2.26. The lowest BCUT2D eigenvalue weighted by Gasteiger charge is -2.06. The Labute approximate surface area is 139 Å². The molecule has 0 atom stereocenters. The number of hydrogen-bond donors (Lipinski definition) is 1. The molecule has 0 radical (unpaired) electrons. The van der Waals surface area contributed by atoms with E-state index in [-0.39, 0.29) is 0 Å². The van der Waals surface area contributed by atoms with E-state index in [2.05, 4.69) is 15.3 Å². The first-order valence-electron chi connectivity index (χ1n) is 7.44. The molecule has 1 aromatic heterocycles. The molecule has 0 amide bonds. The van der Waals surface area contributed by atoms with Crippen molar-refractivity contribution in [3.63, 3.8) is 0 Å². The van der Waals surface area contributed by atoms with Gasteiger partial charge in [0, 0.05) is 11.6 Å². The lowest BCUT2D eigenvalue weighted by molar-refractivity contribution is 0.619. The summed E-state index contributed by atoms with van der Waals surface area (Å²) in [6, 6.07) is 13.9. The van der Waals surface area contributed by atoms with Crippen LogP contribution in [0.2, 0.25) is 5.02 Å². The van der Waals surface area contributed by atoms with Crippen LogP contribution in [0, 0.1) is 0 Å². The van der Waals surface area contributed by atoms with Gasteiger partial charge in [0.05, 0.1) is 10.2 Å². The van der Waals surface area contributed by atoms with Crippen molar-refractivity contribution in [2.75, 3.05) is 13.6 Å². The fourth-order valence-corrected chi connectivity index (χ4v) is 3.72. The van der Waals surface area contributed by atoms with E-state index in [1.165, 1.54) is 0 Å². The van der Waals surface area contributed by atoms with Crippen molar-refractivity contribution < 1.29 is 4.42 Å². The molecule has 1 N–H and O–H groups in total. The maximum Gasteiger partial charge on any atom is 0.151 e. The molecule has 116 valence electrons. The van der Waals surface area contributed by atoms with Gasteiger partial charge < -0.3 is 9.73 Å². The van der Waals surface area contributed by atoms with Crippen molar-refractivity contribution >= 4 is 44.5 Å². The van der Waals surface area contributed by atoms with E-state index < -0.39 is 0 Å². The molecule has 0 aliphatic carbocycles. The molecular formula is C17H19ClN2OS. The van der Waals surface area contributed by atoms with Crippen LogP contribution >= 0.6 is 23.1 Å². The topological polar surface area (TPSA) is 30.1 Å². The number of hydrogen-bond acceptors (Lipinski definition) is 3. The Hall–Kier alpha value is -1.49. The number of benzene rings is 2. The van der Waals surface area contributed by atoms with Crippen molar-refractivity contribution in [3.8, 4) is 0 Å². The average molecular weight is 335 g/mol. The summed E-state index contributed by atoms with van der Waals surface area (Å²) < 4.78 is 9.43. The van der Waals surface area contributed by atoms with Crippen LogP contribution in [0.3, 0.4) is 0 Å². The van der Waals surface area contributed by atoms with E-state index in [4.69, 9.17) is 16.0 Å². The highest BCUT2D eigenvalue weighted by Gasteiger charge is 2.04. The first-order valence-corrected chi connectivity index (χ1v) is 8.59. The Balaban J connectivity index is 2.13. The average Bonchev–Trinajstić information content (AvgIpc) is 2.68. The van der Waals surface area contributed by atoms with Crippen LogP contribution in [0.5, 0.6) is 0 Å². The van der Waals surface area contributed by atoms with Gasteiger partial charge in [0.25, 0.3) is 0 Å². The van der Waals surface area contributed by atoms with Crippen molar-refractivity contribution in [3.05, 3.63) is 47.5 Å². The van der Waals surface area contributed by atoms with Crippen LogP contribution in [0.4, 0.5) is 0 Å². The quantitative estimate of drug-likeness (QED) is 0.648. The van der Waals surface area contributed by atoms with E-state index in [1.807, 2.05) is 43.4 Å². The zero-order valence-electron chi connectivity index (χ0n) is 12.5. The van der Waals surface area contributed by atoms with Crippen molar-refractivity contribution in [1.82, 2.24) is 9.27 Å². The fourth-order valence-electron chi connectivity index (χ4n) is 2.40. The summed E-state index contributed by atoms with van der Waals surface area (Å²) in [5, 5.41) is 3.92. The Morgan fingerprint density at radius 1 is 1.14 bits per heavy atom. The molecule has 3 rings (SSSR count). The molecule has 3 nitrogen and oxygen atoms in total. The third-order valence-corrected chi connectivity index (χ3v) is 4.86. The van der Waals surface area contributed by atoms with E-state index in [9.17, 15) is 0 Å². The van der Waals surface area contributed by atoms with Gasteiger partial charge in [-0.3, -0.25) is 3.96 Å². The zero-order chi connectivity index (χ0) is 15.4. The highest BCUT2D eigenvalue weighted by molar-refractivity contribution is 7.13. The second kappa shape index (κ2) is 7.18. The first kappa shape index (κ1) is 15.4. The summed E-state index contributed by atoms with van der Waals surface area (Å²) in [6.07, 6.45) is 2.27. The maximum atomic E-state index is 6.14. The highest BCUT2D eigenvalue weighted by atomic mass is 35.5. The van der Waals surface area contributed by atoms with E-state index in [1.54, 1.807) is 11.5 Å². The number of rotatable bonds is 5. The number of para-hydroxylation sites is 2. The summed E-state index contributed by atoms with van der Waals surface area (Å²) in [6.45, 7) is 2.01. The minimum absolute atomic E-state index is 0.732. The lowest BCUT2D eigenvalue weighted by Crippen LogP contribution is -2.08. The van der Waals surface area contributed by atoms with E-state index in [0.717, 1.165) is 52.3 Å². The van der Waals surface area contributed by atoms with Gasteiger partial charge >= 0.3 is 0 Å². The molecule has 22 heavy (non-hydrogen) atoms. The third kappa shape index (κ3) is 3.46. The Morgan fingerprint density at radius 3 is 2.86 bits per heavy atom. The van der Waals surface area contributed by atoms with Gasteiger partial charge in [-0.1, -0.05) is 35.3 Å². The summed E-state index contributed by atoms with van der Waals surface area (Å²) >= 11 is 7.84. The van der Waals surface area contributed by atoms with Crippen molar-refractivity contribution in [2.24, 2.45) is 0 Å². The summed E-state index contributed by atoms with van der Waals surface area (Å²) in [7, 11) is 1.99. The molecule has 2 aromatic carbocycles. The molecule has 0 bridgehead atoms. The second-order valence-corrected chi connectivity index (χ2v) is 6.66. The molecule has 0 fully saturated rings. The fraction of sp³-hybridized carbons (Fsp3) is 0.294. The second-order valence-electron chi connectivity index (χ2n) is 5.16. The van der Waals surface area contributed by atoms with Gasteiger partial charge in [-0.2, -0.15) is 0 Å². The number of fused-ring (bicyclic) bond motifs is 2. The maximum absolute atomic E-state index is 6.14. The molecule has 5 heteroatoms. The summed E-state index contributed by atoms with van der Waals surface area (Å²) in [5.41, 5.74) is 2.87. The standard InChI is InChI=1S/C17H19ClN2OS/c1-19-10-4-5-11-20-14-6-2-3-7-15(14)21-16-9-8-13(18)12-17(16)22-20/h2-3,6-9,12,19H,4-5,10-11H2,1H3. The molecular weight excluding hydrogens is 316 g/mol. The molecule has 1 heterocycles. The lowest BCUT2D eigenvalue weighted by atomic mass is 10.3. The Bertz CT molecular complexity index is 816. The molecule has 0 aliphatic heterocycles. The number of aryl methyl sites for hydroxylation is 1. The smallest absolute Gasteiger partial charge is 0.151 e. The third-order valence-electron chi connectivity index (χ3n) is 3.51. The van der Waals surface area contributed by atoms with Gasteiger partial charge in [0.2, 0.25) is 0 Å². The van der Waals surface area contributed by atoms with Crippen molar-refractivity contribution in [2.45, 2.75) is 19.4 Å². The molecule has 3 aromatic rings. The normalized spacial score (nSPS) is 11.2. The van der Waals surface area contributed by atoms with E-state index >= 15 is 0 Å². The van der Waals surface area contributed by atoms with Crippen molar-refractivity contribution in [1.29, 1.82) is 0 Å². The monoisotopic (exact) mass is 334 g/mol. The summed E-state index contributed by atoms with van der Waals surface area (Å²) in [4.78, 5) is 0. The minimum Gasteiger partial charge on any atom is -0.454 e. The van der Waals surface area contributed by atoms with Gasteiger partial charge in [0.15, 0.2) is 5.58 Å². The van der Waals surface area contributed by atoms with Crippen LogP contribution in [0.1, 0.15) is 12.8 Å². The predicted octanol–water partition coefficient (Wildman–Crippen LogP) is 5.23. The molecule has 0 spiro atoms. The molecule has 0 aliphatic rings. The predicted molar refractivity (Wildman–Crippen MR) is 95.4 cm³/mol. The Morgan fingerprint density at radius 2 is 2.00 bits per heavy atom. The molecule has 0 saturated heterocycles. The SMILES string of the molecule is CNCCCCn1sc2cc(Cl)ccc2oc2ccccc21. The van der Waals surface area contributed by atoms with Crippen LogP contribution in [-0.4, -0.2) is 17.5 Å². The Kier molecular flexibility index (Phi) is 5.03. The van der Waals surface area contributed by atoms with Gasteiger partial charge in [-0.25, -0.2) is 0 Å². The van der Waals surface area contributed by atoms with Crippen LogP contribution in [0.25, 0.3) is 21.4 Å². The number of nitrogens with zero attached hydrogens (tertiary/aromatic N) is 1. The summed E-state index contributed by atoms with van der Waals surface area (Å²) in [5.74, 6) is 0. The zero-order valence-corrected chi connectivity index (χ0v) is 14.1. The van der Waals surface area contributed by atoms with Gasteiger partial charge in [-0.15, -0.1) is 0 Å². The number of nitrogens with one attached hydrogen (secondary N) is 1. The largest absolute Gasteiger partial charge is 0.454 e. The number of halogens is 1. The molecule has 0 saturated carbocycles. The molecule has 0 unspecified atom stereocenters. The van der Waals surface area contributed by atoms with Gasteiger partial charge in [0.1, 0.15) is 5.58 Å². The van der Waals surface area contributed by atoms with Crippen LogP contribution in [0.15, 0.2) is 46.9 Å². The number of unbranched alkanes of at least 4 members (excludes halogenated alkanes) is 1. The van der Waals surface area contributed by atoms with Crippen LogP contribution in [-0.2, 0) is 6.54 Å². The number of aromatic nitrogens is 1. The minimum atomic E-state index is 0.732. The van der Waals surface area contributed by atoms with Crippen LogP contribution < -0.4 is 5.32 Å². The van der Waals surface area contributed by atoms with Gasteiger partial charge in [-0.05, 0) is 56.8 Å². The first-order chi connectivity index (χ1) is 10.8. The van der Waals surface area contributed by atoms with E-state index in [0.29, 0.717) is 0 Å².